The molecule has 9 heteroatoms. The van der Waals surface area contributed by atoms with Crippen LogP contribution in [0, 0.1) is 0 Å². The average molecular weight is 487 g/mol. The van der Waals surface area contributed by atoms with Gasteiger partial charge in [0, 0.05) is 54.4 Å². The number of nitrogens with zero attached hydrogens (tertiary/aromatic N) is 3. The molecule has 3 aromatic rings. The predicted octanol–water partition coefficient (Wildman–Crippen LogP) is 5.68. The fourth-order valence-electron chi connectivity index (χ4n) is 3.36. The van der Waals surface area contributed by atoms with E-state index in [1.165, 1.54) is 5.56 Å². The van der Waals surface area contributed by atoms with Gasteiger partial charge in [-0.05, 0) is 35.9 Å². The van der Waals surface area contributed by atoms with Gasteiger partial charge in [-0.1, -0.05) is 52.1 Å². The molecule has 1 aliphatic heterocycles. The first-order valence-corrected chi connectivity index (χ1v) is 10.3. The van der Waals surface area contributed by atoms with E-state index in [1.807, 2.05) is 18.2 Å². The Bertz CT molecular complexity index is 1030. The van der Waals surface area contributed by atoms with Crippen LogP contribution >= 0.6 is 47.2 Å². The molecule has 2 heterocycles. The zero-order valence-corrected chi connectivity index (χ0v) is 18.9. The van der Waals surface area contributed by atoms with Gasteiger partial charge in [-0.3, -0.25) is 9.69 Å². The van der Waals surface area contributed by atoms with Gasteiger partial charge in [0.15, 0.2) is 11.5 Å². The van der Waals surface area contributed by atoms with Gasteiger partial charge >= 0.3 is 0 Å². The standard InChI is InChI=1S/C21H18Cl3N3O2.ClH/c22-15-3-1-2-14(10-15)13-26-6-8-27(9-7-26)21(28)19-12-20(29-25-19)17-5-4-16(23)11-18(17)24;/h1-5,10-12H,6-9,13H2;1H. The fraction of sp³-hybridized carbons (Fsp3) is 0.238. The second-order valence-corrected chi connectivity index (χ2v) is 8.18. The summed E-state index contributed by atoms with van der Waals surface area (Å²) in [6, 6.07) is 14.6. The molecule has 0 spiro atoms. The van der Waals surface area contributed by atoms with Crippen molar-refractivity contribution in [2.75, 3.05) is 26.2 Å². The number of amides is 1. The molecule has 1 aliphatic rings. The topological polar surface area (TPSA) is 49.6 Å². The van der Waals surface area contributed by atoms with Gasteiger partial charge in [-0.2, -0.15) is 0 Å². The third kappa shape index (κ3) is 5.29. The molecule has 1 saturated heterocycles. The smallest absolute Gasteiger partial charge is 0.276 e. The van der Waals surface area contributed by atoms with Crippen LogP contribution in [-0.2, 0) is 6.54 Å². The molecule has 0 bridgehead atoms. The first-order chi connectivity index (χ1) is 14.0. The molecular formula is C21H19Cl4N3O2. The predicted molar refractivity (Wildman–Crippen MR) is 122 cm³/mol. The van der Waals surface area contributed by atoms with E-state index in [4.69, 9.17) is 39.3 Å². The molecule has 30 heavy (non-hydrogen) atoms. The summed E-state index contributed by atoms with van der Waals surface area (Å²) in [6.07, 6.45) is 0. The summed E-state index contributed by atoms with van der Waals surface area (Å²) in [5, 5.41) is 5.66. The van der Waals surface area contributed by atoms with E-state index in [0.717, 1.165) is 24.7 Å². The molecule has 4 rings (SSSR count). The molecule has 1 fully saturated rings. The van der Waals surface area contributed by atoms with Gasteiger partial charge in [0.25, 0.3) is 5.91 Å². The molecule has 0 saturated carbocycles. The van der Waals surface area contributed by atoms with Gasteiger partial charge in [0.05, 0.1) is 5.02 Å². The minimum absolute atomic E-state index is 0. The molecule has 158 valence electrons. The van der Waals surface area contributed by atoms with E-state index in [-0.39, 0.29) is 24.0 Å². The van der Waals surface area contributed by atoms with Crippen LogP contribution in [-0.4, -0.2) is 47.0 Å². The van der Waals surface area contributed by atoms with Crippen LogP contribution in [0.15, 0.2) is 53.1 Å². The van der Waals surface area contributed by atoms with Gasteiger partial charge in [0.2, 0.25) is 0 Å². The van der Waals surface area contributed by atoms with Gasteiger partial charge < -0.3 is 9.42 Å². The molecule has 0 atom stereocenters. The summed E-state index contributed by atoms with van der Waals surface area (Å²) < 4.78 is 5.35. The Kier molecular flexibility index (Phi) is 7.66. The summed E-state index contributed by atoms with van der Waals surface area (Å²) in [5.74, 6) is 0.294. The Morgan fingerprint density at radius 3 is 2.40 bits per heavy atom. The third-order valence-electron chi connectivity index (χ3n) is 4.88. The van der Waals surface area contributed by atoms with Crippen LogP contribution in [0.2, 0.25) is 15.1 Å². The maximum absolute atomic E-state index is 12.8. The van der Waals surface area contributed by atoms with E-state index >= 15 is 0 Å². The molecular weight excluding hydrogens is 468 g/mol. The second-order valence-electron chi connectivity index (χ2n) is 6.90. The highest BCUT2D eigenvalue weighted by Crippen LogP contribution is 2.31. The number of halogens is 4. The normalized spacial score (nSPS) is 14.4. The van der Waals surface area contributed by atoms with Crippen LogP contribution < -0.4 is 0 Å². The summed E-state index contributed by atoms with van der Waals surface area (Å²) in [6.45, 7) is 3.64. The monoisotopic (exact) mass is 485 g/mol. The lowest BCUT2D eigenvalue weighted by atomic mass is 10.1. The molecule has 0 unspecified atom stereocenters. The van der Waals surface area contributed by atoms with E-state index in [9.17, 15) is 4.79 Å². The molecule has 0 radical (unpaired) electrons. The van der Waals surface area contributed by atoms with Crippen LogP contribution in [0.3, 0.4) is 0 Å². The van der Waals surface area contributed by atoms with Crippen LogP contribution in [0.25, 0.3) is 11.3 Å². The lowest BCUT2D eigenvalue weighted by Crippen LogP contribution is -2.48. The quantitative estimate of drug-likeness (QED) is 0.475. The Hall–Kier alpha value is -1.76. The summed E-state index contributed by atoms with van der Waals surface area (Å²) in [7, 11) is 0. The number of carbonyl (C=O) groups excluding carboxylic acids is 1. The van der Waals surface area contributed by atoms with Crippen molar-refractivity contribution in [3.05, 3.63) is 74.9 Å². The second kappa shape index (κ2) is 10.0. The maximum atomic E-state index is 12.8. The zero-order valence-electron chi connectivity index (χ0n) is 15.9. The van der Waals surface area contributed by atoms with Crippen molar-refractivity contribution in [3.8, 4) is 11.3 Å². The van der Waals surface area contributed by atoms with Crippen molar-refractivity contribution >= 4 is 53.1 Å². The highest BCUT2D eigenvalue weighted by atomic mass is 35.5. The SMILES string of the molecule is Cl.O=C(c1cc(-c2ccc(Cl)cc2Cl)on1)N1CCN(Cc2cccc(Cl)c2)CC1. The third-order valence-corrected chi connectivity index (χ3v) is 5.66. The fourth-order valence-corrected chi connectivity index (χ4v) is 4.07. The molecule has 5 nitrogen and oxygen atoms in total. The number of benzene rings is 2. The van der Waals surface area contributed by atoms with Gasteiger partial charge in [0.1, 0.15) is 0 Å². The highest BCUT2D eigenvalue weighted by Gasteiger charge is 2.25. The number of hydrogen-bond donors (Lipinski definition) is 0. The molecule has 0 N–H and O–H groups in total. The largest absolute Gasteiger partial charge is 0.355 e. The molecule has 1 aromatic heterocycles. The summed E-state index contributed by atoms with van der Waals surface area (Å²) in [4.78, 5) is 16.9. The zero-order chi connectivity index (χ0) is 20.4. The maximum Gasteiger partial charge on any atom is 0.276 e. The lowest BCUT2D eigenvalue weighted by molar-refractivity contribution is 0.0618. The first kappa shape index (κ1) is 22.9. The number of carbonyl (C=O) groups is 1. The minimum Gasteiger partial charge on any atom is -0.355 e. The van der Waals surface area contributed by atoms with E-state index < -0.39 is 0 Å². The Balaban J connectivity index is 0.00000256. The summed E-state index contributed by atoms with van der Waals surface area (Å²) >= 11 is 18.2. The van der Waals surface area contributed by atoms with Crippen LogP contribution in [0.1, 0.15) is 16.1 Å². The Morgan fingerprint density at radius 1 is 0.967 bits per heavy atom. The number of hydrogen-bond acceptors (Lipinski definition) is 4. The minimum atomic E-state index is -0.146. The van der Waals surface area contributed by atoms with Crippen LogP contribution in [0.5, 0.6) is 0 Å². The molecule has 1 amide bonds. The summed E-state index contributed by atoms with van der Waals surface area (Å²) in [5.41, 5.74) is 2.08. The van der Waals surface area contributed by atoms with E-state index in [2.05, 4.69) is 16.1 Å². The van der Waals surface area contributed by atoms with E-state index in [0.29, 0.717) is 34.5 Å². The average Bonchev–Trinajstić information content (AvgIpc) is 3.18. The van der Waals surface area contributed by atoms with Crippen molar-refractivity contribution < 1.29 is 9.32 Å². The number of piperazine rings is 1. The van der Waals surface area contributed by atoms with Gasteiger partial charge in [-0.15, -0.1) is 12.4 Å². The number of aromatic nitrogens is 1. The Morgan fingerprint density at radius 2 is 1.70 bits per heavy atom. The van der Waals surface area contributed by atoms with Crippen molar-refractivity contribution in [2.45, 2.75) is 6.54 Å². The Labute approximate surface area is 195 Å². The highest BCUT2D eigenvalue weighted by molar-refractivity contribution is 6.36. The van der Waals surface area contributed by atoms with Crippen molar-refractivity contribution in [1.82, 2.24) is 15.0 Å². The van der Waals surface area contributed by atoms with Crippen molar-refractivity contribution in [1.29, 1.82) is 0 Å². The van der Waals surface area contributed by atoms with E-state index in [1.54, 1.807) is 29.2 Å². The van der Waals surface area contributed by atoms with Crippen LogP contribution in [0.4, 0.5) is 0 Å². The first-order valence-electron chi connectivity index (χ1n) is 9.18. The van der Waals surface area contributed by atoms with Crippen molar-refractivity contribution in [3.63, 3.8) is 0 Å². The lowest BCUT2D eigenvalue weighted by Gasteiger charge is -2.34. The molecule has 0 aliphatic carbocycles. The van der Waals surface area contributed by atoms with Crippen molar-refractivity contribution in [2.24, 2.45) is 0 Å². The van der Waals surface area contributed by atoms with Gasteiger partial charge in [-0.25, -0.2) is 0 Å². The number of rotatable bonds is 4. The molecule has 2 aromatic carbocycles.